The minimum Gasteiger partial charge on any atom is -0.354 e. The van der Waals surface area contributed by atoms with Gasteiger partial charge in [0.05, 0.1) is 6.54 Å². The zero-order valence-electron chi connectivity index (χ0n) is 14.2. The molecule has 6 heteroatoms. The van der Waals surface area contributed by atoms with E-state index < -0.39 is 0 Å². The second-order valence-corrected chi connectivity index (χ2v) is 7.47. The van der Waals surface area contributed by atoms with Gasteiger partial charge in [-0.05, 0) is 31.4 Å². The highest BCUT2D eigenvalue weighted by molar-refractivity contribution is 7.99. The van der Waals surface area contributed by atoms with Crippen molar-refractivity contribution in [2.24, 2.45) is 10.9 Å². The second kappa shape index (κ2) is 8.46. The summed E-state index contributed by atoms with van der Waals surface area (Å²) in [5, 5.41) is 7.73. The molecule has 1 saturated carbocycles. The Hall–Kier alpha value is -1.17. The Morgan fingerprint density at radius 3 is 2.95 bits per heavy atom. The van der Waals surface area contributed by atoms with Crippen molar-refractivity contribution in [2.75, 3.05) is 13.3 Å². The number of hydrogen-bond acceptors (Lipinski definition) is 3. The van der Waals surface area contributed by atoms with Crippen LogP contribution < -0.4 is 10.6 Å². The molecule has 2 rings (SSSR count). The molecule has 0 aliphatic heterocycles. The molecule has 0 amide bonds. The van der Waals surface area contributed by atoms with Gasteiger partial charge in [0.25, 0.3) is 0 Å². The van der Waals surface area contributed by atoms with Crippen molar-refractivity contribution in [1.82, 2.24) is 20.2 Å². The average molecular weight is 324 g/mol. The van der Waals surface area contributed by atoms with Crippen LogP contribution in [0.3, 0.4) is 0 Å². The Morgan fingerprint density at radius 1 is 1.50 bits per heavy atom. The zero-order chi connectivity index (χ0) is 15.9. The molecule has 2 atom stereocenters. The van der Waals surface area contributed by atoms with Crippen LogP contribution in [0.4, 0.5) is 0 Å². The highest BCUT2D eigenvalue weighted by Crippen LogP contribution is 2.27. The number of nitrogens with zero attached hydrogens (tertiary/aromatic N) is 3. The third-order valence-electron chi connectivity index (χ3n) is 4.06. The molecular formula is C16H29N5S. The third-order valence-corrected chi connectivity index (χ3v) is 5.15. The summed E-state index contributed by atoms with van der Waals surface area (Å²) < 4.78 is 2.21. The summed E-state index contributed by atoms with van der Waals surface area (Å²) in [5.41, 5.74) is 0. The Kier molecular flexibility index (Phi) is 6.61. The minimum absolute atomic E-state index is 0.541. The van der Waals surface area contributed by atoms with Crippen molar-refractivity contribution in [3.8, 4) is 0 Å². The van der Waals surface area contributed by atoms with E-state index in [-0.39, 0.29) is 0 Å². The first-order valence-corrected chi connectivity index (χ1v) is 9.41. The molecule has 2 N–H and O–H groups in total. The molecule has 1 heterocycles. The van der Waals surface area contributed by atoms with Crippen LogP contribution in [0.25, 0.3) is 0 Å². The molecule has 124 valence electrons. The number of guanidine groups is 1. The SMILES string of the molecule is CN=C(NCc1nccn1CC(C)C)NC1CCC(SC)C1. The highest BCUT2D eigenvalue weighted by atomic mass is 32.2. The van der Waals surface area contributed by atoms with E-state index in [0.29, 0.717) is 18.5 Å². The molecular weight excluding hydrogens is 294 g/mol. The Bertz CT molecular complexity index is 483. The van der Waals surface area contributed by atoms with Gasteiger partial charge in [-0.3, -0.25) is 4.99 Å². The first kappa shape index (κ1) is 17.2. The van der Waals surface area contributed by atoms with Gasteiger partial charge in [-0.1, -0.05) is 13.8 Å². The highest BCUT2D eigenvalue weighted by Gasteiger charge is 2.24. The lowest BCUT2D eigenvalue weighted by Gasteiger charge is -2.18. The standard InChI is InChI=1S/C16H29N5S/c1-12(2)11-21-8-7-18-15(21)10-19-16(17-3)20-13-5-6-14(9-13)22-4/h7-8,12-14H,5-6,9-11H2,1-4H3,(H2,17,19,20). The fourth-order valence-corrected chi connectivity index (χ4v) is 3.70. The number of rotatable bonds is 6. The molecule has 1 aliphatic rings. The van der Waals surface area contributed by atoms with Crippen LogP contribution in [-0.2, 0) is 13.1 Å². The van der Waals surface area contributed by atoms with Gasteiger partial charge in [0.2, 0.25) is 0 Å². The van der Waals surface area contributed by atoms with E-state index in [9.17, 15) is 0 Å². The molecule has 2 unspecified atom stereocenters. The van der Waals surface area contributed by atoms with Crippen LogP contribution in [0.5, 0.6) is 0 Å². The lowest BCUT2D eigenvalue weighted by Crippen LogP contribution is -2.42. The van der Waals surface area contributed by atoms with Crippen LogP contribution in [0.15, 0.2) is 17.4 Å². The summed E-state index contributed by atoms with van der Waals surface area (Å²) in [4.78, 5) is 8.79. The van der Waals surface area contributed by atoms with Crippen LogP contribution in [0.1, 0.15) is 38.9 Å². The molecule has 5 nitrogen and oxygen atoms in total. The zero-order valence-corrected chi connectivity index (χ0v) is 15.0. The van der Waals surface area contributed by atoms with Gasteiger partial charge >= 0.3 is 0 Å². The van der Waals surface area contributed by atoms with Crippen LogP contribution in [0, 0.1) is 5.92 Å². The van der Waals surface area contributed by atoms with E-state index in [0.717, 1.165) is 23.6 Å². The normalized spacial score (nSPS) is 22.3. The summed E-state index contributed by atoms with van der Waals surface area (Å²) in [6, 6.07) is 0.541. The summed E-state index contributed by atoms with van der Waals surface area (Å²) in [6.45, 7) is 6.15. The van der Waals surface area contributed by atoms with Gasteiger partial charge in [0.15, 0.2) is 5.96 Å². The maximum absolute atomic E-state index is 4.45. The number of imidazole rings is 1. The predicted octanol–water partition coefficient (Wildman–Crippen LogP) is 2.49. The largest absolute Gasteiger partial charge is 0.354 e. The molecule has 1 aromatic heterocycles. The molecule has 0 saturated heterocycles. The quantitative estimate of drug-likeness (QED) is 0.624. The molecule has 1 fully saturated rings. The van der Waals surface area contributed by atoms with Gasteiger partial charge in [0, 0.05) is 37.3 Å². The summed E-state index contributed by atoms with van der Waals surface area (Å²) in [7, 11) is 1.83. The first-order chi connectivity index (χ1) is 10.6. The van der Waals surface area contributed by atoms with Gasteiger partial charge in [-0.2, -0.15) is 11.8 Å². The van der Waals surface area contributed by atoms with Gasteiger partial charge in [-0.15, -0.1) is 0 Å². The van der Waals surface area contributed by atoms with Crippen molar-refractivity contribution in [3.05, 3.63) is 18.2 Å². The first-order valence-electron chi connectivity index (χ1n) is 8.12. The second-order valence-electron chi connectivity index (χ2n) is 6.33. The smallest absolute Gasteiger partial charge is 0.191 e. The van der Waals surface area contributed by atoms with Crippen molar-refractivity contribution in [3.63, 3.8) is 0 Å². The van der Waals surface area contributed by atoms with Crippen molar-refractivity contribution >= 4 is 17.7 Å². The number of hydrogen-bond donors (Lipinski definition) is 2. The molecule has 0 radical (unpaired) electrons. The lowest BCUT2D eigenvalue weighted by molar-refractivity contribution is 0.503. The molecule has 1 aromatic rings. The maximum atomic E-state index is 4.45. The van der Waals surface area contributed by atoms with E-state index in [4.69, 9.17) is 0 Å². The summed E-state index contributed by atoms with van der Waals surface area (Å²) in [5.74, 6) is 2.56. The number of aromatic nitrogens is 2. The van der Waals surface area contributed by atoms with E-state index in [1.54, 1.807) is 0 Å². The van der Waals surface area contributed by atoms with Gasteiger partial charge in [0.1, 0.15) is 5.82 Å². The Morgan fingerprint density at radius 2 is 2.32 bits per heavy atom. The van der Waals surface area contributed by atoms with E-state index in [2.05, 4.69) is 45.3 Å². The molecule has 1 aliphatic carbocycles. The molecule has 22 heavy (non-hydrogen) atoms. The van der Waals surface area contributed by atoms with E-state index in [1.807, 2.05) is 31.2 Å². The Balaban J connectivity index is 1.83. The minimum atomic E-state index is 0.541. The topological polar surface area (TPSA) is 54.2 Å². The van der Waals surface area contributed by atoms with Crippen molar-refractivity contribution < 1.29 is 0 Å². The van der Waals surface area contributed by atoms with Crippen molar-refractivity contribution in [2.45, 2.75) is 57.5 Å². The van der Waals surface area contributed by atoms with Gasteiger partial charge < -0.3 is 15.2 Å². The fourth-order valence-electron chi connectivity index (χ4n) is 2.90. The monoisotopic (exact) mass is 323 g/mol. The predicted molar refractivity (Wildman–Crippen MR) is 95.3 cm³/mol. The summed E-state index contributed by atoms with van der Waals surface area (Å²) in [6.07, 6.45) is 9.88. The van der Waals surface area contributed by atoms with Crippen LogP contribution >= 0.6 is 11.8 Å². The van der Waals surface area contributed by atoms with Gasteiger partial charge in [-0.25, -0.2) is 4.98 Å². The third kappa shape index (κ3) is 4.93. The number of thioether (sulfide) groups is 1. The molecule has 0 bridgehead atoms. The lowest BCUT2D eigenvalue weighted by atomic mass is 10.2. The summed E-state index contributed by atoms with van der Waals surface area (Å²) >= 11 is 1.98. The Labute approximate surface area is 138 Å². The molecule has 0 spiro atoms. The van der Waals surface area contributed by atoms with E-state index >= 15 is 0 Å². The van der Waals surface area contributed by atoms with Crippen molar-refractivity contribution in [1.29, 1.82) is 0 Å². The number of aliphatic imine (C=N–C) groups is 1. The fraction of sp³-hybridized carbons (Fsp3) is 0.750. The average Bonchev–Trinajstić information content (AvgIpc) is 3.12. The molecule has 0 aromatic carbocycles. The van der Waals surface area contributed by atoms with E-state index in [1.165, 1.54) is 19.3 Å². The van der Waals surface area contributed by atoms with Crippen LogP contribution in [-0.4, -0.2) is 40.1 Å². The van der Waals surface area contributed by atoms with Crippen LogP contribution in [0.2, 0.25) is 0 Å². The maximum Gasteiger partial charge on any atom is 0.191 e. The number of nitrogens with one attached hydrogen (secondary N) is 2.